The largest absolute Gasteiger partial charge is 0.328 e. The van der Waals surface area contributed by atoms with Gasteiger partial charge in [0.25, 0.3) is 5.91 Å². The highest BCUT2D eigenvalue weighted by molar-refractivity contribution is 5.95. The van der Waals surface area contributed by atoms with Crippen LogP contribution in [0.15, 0.2) is 36.8 Å². The minimum Gasteiger partial charge on any atom is -0.328 e. The maximum Gasteiger partial charge on any atom is 0.257 e. The Morgan fingerprint density at radius 1 is 1.29 bits per heavy atom. The van der Waals surface area contributed by atoms with Crippen molar-refractivity contribution in [2.75, 3.05) is 0 Å². The molecule has 2 aromatic rings. The van der Waals surface area contributed by atoms with Crippen molar-refractivity contribution in [2.24, 2.45) is 0 Å². The predicted molar refractivity (Wildman–Crippen MR) is 74.1 cm³/mol. The van der Waals surface area contributed by atoms with E-state index in [4.69, 9.17) is 0 Å². The summed E-state index contributed by atoms with van der Waals surface area (Å²) in [5.74, 6) is -0.688. The van der Waals surface area contributed by atoms with Crippen molar-refractivity contribution in [3.8, 4) is 0 Å². The molecule has 0 saturated carbocycles. The van der Waals surface area contributed by atoms with Gasteiger partial charge in [0.15, 0.2) is 0 Å². The molecule has 3 heterocycles. The number of halogens is 1. The molecule has 0 aliphatic carbocycles. The highest BCUT2D eigenvalue weighted by Crippen LogP contribution is 2.43. The highest BCUT2D eigenvalue weighted by atomic mass is 19.1. The standard InChI is InChI=1S/C16H14FN3O/c17-13-4-2-1-3-11(13)16(21)20-10-5-6-15(20)12-8-18-9-19-14(12)7-10/h1-4,8-10,15H,5-7H2. The fourth-order valence-corrected chi connectivity index (χ4v) is 3.51. The summed E-state index contributed by atoms with van der Waals surface area (Å²) in [6, 6.07) is 6.26. The molecule has 1 aromatic heterocycles. The van der Waals surface area contributed by atoms with Crippen LogP contribution in [0.1, 0.15) is 40.5 Å². The average molecular weight is 283 g/mol. The average Bonchev–Trinajstić information content (AvgIpc) is 2.82. The molecule has 2 bridgehead atoms. The van der Waals surface area contributed by atoms with Crippen molar-refractivity contribution >= 4 is 5.91 Å². The van der Waals surface area contributed by atoms with Gasteiger partial charge >= 0.3 is 0 Å². The van der Waals surface area contributed by atoms with E-state index in [1.165, 1.54) is 6.07 Å². The van der Waals surface area contributed by atoms with E-state index in [-0.39, 0.29) is 23.6 Å². The number of rotatable bonds is 1. The van der Waals surface area contributed by atoms with Crippen molar-refractivity contribution in [3.63, 3.8) is 0 Å². The Morgan fingerprint density at radius 3 is 3.00 bits per heavy atom. The number of benzene rings is 1. The van der Waals surface area contributed by atoms with Crippen LogP contribution in [-0.2, 0) is 6.42 Å². The van der Waals surface area contributed by atoms with Crippen LogP contribution in [0.5, 0.6) is 0 Å². The molecule has 0 radical (unpaired) electrons. The molecule has 0 spiro atoms. The molecule has 5 heteroatoms. The van der Waals surface area contributed by atoms with E-state index >= 15 is 0 Å². The van der Waals surface area contributed by atoms with Gasteiger partial charge in [0.2, 0.25) is 0 Å². The number of nitrogens with zero attached hydrogens (tertiary/aromatic N) is 3. The molecule has 2 atom stereocenters. The lowest BCUT2D eigenvalue weighted by Crippen LogP contribution is -2.42. The number of amides is 1. The summed E-state index contributed by atoms with van der Waals surface area (Å²) in [5.41, 5.74) is 2.18. The van der Waals surface area contributed by atoms with Crippen LogP contribution in [0.2, 0.25) is 0 Å². The summed E-state index contributed by atoms with van der Waals surface area (Å²) in [6.45, 7) is 0. The number of aromatic nitrogens is 2. The second kappa shape index (κ2) is 4.62. The third kappa shape index (κ3) is 1.84. The van der Waals surface area contributed by atoms with Crippen molar-refractivity contribution in [1.82, 2.24) is 14.9 Å². The summed E-state index contributed by atoms with van der Waals surface area (Å²) >= 11 is 0. The molecule has 1 fully saturated rings. The lowest BCUT2D eigenvalue weighted by Gasteiger charge is -2.35. The van der Waals surface area contributed by atoms with Gasteiger partial charge in [-0.05, 0) is 25.0 Å². The molecule has 1 saturated heterocycles. The van der Waals surface area contributed by atoms with Gasteiger partial charge in [-0.25, -0.2) is 14.4 Å². The first-order chi connectivity index (χ1) is 10.3. The van der Waals surface area contributed by atoms with Crippen LogP contribution >= 0.6 is 0 Å². The lowest BCUT2D eigenvalue weighted by molar-refractivity contribution is 0.0639. The summed E-state index contributed by atoms with van der Waals surface area (Å²) in [6.07, 6.45) is 5.89. The Labute approximate surface area is 121 Å². The van der Waals surface area contributed by atoms with Gasteiger partial charge in [-0.3, -0.25) is 4.79 Å². The minimum absolute atomic E-state index is 0.0212. The summed E-state index contributed by atoms with van der Waals surface area (Å²) < 4.78 is 13.9. The Morgan fingerprint density at radius 2 is 2.14 bits per heavy atom. The smallest absolute Gasteiger partial charge is 0.257 e. The van der Waals surface area contributed by atoms with E-state index in [0.717, 1.165) is 30.5 Å². The third-order valence-corrected chi connectivity index (χ3v) is 4.46. The second-order valence-corrected chi connectivity index (χ2v) is 5.57. The maximum absolute atomic E-state index is 13.9. The van der Waals surface area contributed by atoms with E-state index in [9.17, 15) is 9.18 Å². The van der Waals surface area contributed by atoms with Gasteiger partial charge in [-0.1, -0.05) is 12.1 Å². The predicted octanol–water partition coefficient (Wildman–Crippen LogP) is 2.52. The molecule has 1 amide bonds. The van der Waals surface area contributed by atoms with E-state index in [1.54, 1.807) is 30.7 Å². The zero-order valence-corrected chi connectivity index (χ0v) is 11.4. The maximum atomic E-state index is 13.9. The summed E-state index contributed by atoms with van der Waals surface area (Å²) in [7, 11) is 0. The van der Waals surface area contributed by atoms with Crippen LogP contribution in [0.25, 0.3) is 0 Å². The van der Waals surface area contributed by atoms with Gasteiger partial charge in [0.05, 0.1) is 17.3 Å². The van der Waals surface area contributed by atoms with Gasteiger partial charge in [0, 0.05) is 24.2 Å². The van der Waals surface area contributed by atoms with Crippen LogP contribution in [0.3, 0.4) is 0 Å². The molecule has 4 nitrogen and oxygen atoms in total. The molecule has 2 aliphatic rings. The van der Waals surface area contributed by atoms with E-state index < -0.39 is 5.82 Å². The number of hydrogen-bond acceptors (Lipinski definition) is 3. The minimum atomic E-state index is -0.461. The Hall–Kier alpha value is -2.30. The second-order valence-electron chi connectivity index (χ2n) is 5.57. The van der Waals surface area contributed by atoms with Gasteiger partial charge in [0.1, 0.15) is 12.1 Å². The van der Waals surface area contributed by atoms with E-state index in [1.807, 2.05) is 4.90 Å². The summed E-state index contributed by atoms with van der Waals surface area (Å²) in [5, 5.41) is 0. The molecule has 0 N–H and O–H groups in total. The van der Waals surface area contributed by atoms with Crippen molar-refractivity contribution in [1.29, 1.82) is 0 Å². The zero-order valence-electron chi connectivity index (χ0n) is 11.4. The summed E-state index contributed by atoms with van der Waals surface area (Å²) in [4.78, 5) is 23.0. The van der Waals surface area contributed by atoms with Crippen LogP contribution in [-0.4, -0.2) is 26.8 Å². The molecule has 106 valence electrons. The van der Waals surface area contributed by atoms with Crippen LogP contribution in [0.4, 0.5) is 4.39 Å². The third-order valence-electron chi connectivity index (χ3n) is 4.46. The van der Waals surface area contributed by atoms with Crippen molar-refractivity contribution in [3.05, 3.63) is 59.4 Å². The highest BCUT2D eigenvalue weighted by Gasteiger charge is 2.43. The SMILES string of the molecule is O=C(c1ccccc1F)N1C2CCC1c1cncnc1C2. The quantitative estimate of drug-likeness (QED) is 0.808. The van der Waals surface area contributed by atoms with Gasteiger partial charge in [-0.2, -0.15) is 0 Å². The first-order valence-electron chi connectivity index (χ1n) is 7.11. The molecule has 21 heavy (non-hydrogen) atoms. The van der Waals surface area contributed by atoms with Gasteiger partial charge in [-0.15, -0.1) is 0 Å². The molecule has 4 rings (SSSR count). The molecular formula is C16H14FN3O. The Bertz CT molecular complexity index is 718. The number of fused-ring (bicyclic) bond motifs is 4. The lowest BCUT2D eigenvalue weighted by atomic mass is 9.98. The van der Waals surface area contributed by atoms with Crippen molar-refractivity contribution in [2.45, 2.75) is 31.3 Å². The monoisotopic (exact) mass is 283 g/mol. The molecule has 2 unspecified atom stereocenters. The van der Waals surface area contributed by atoms with E-state index in [0.29, 0.717) is 0 Å². The Balaban J connectivity index is 1.75. The van der Waals surface area contributed by atoms with Gasteiger partial charge < -0.3 is 4.90 Å². The first kappa shape index (κ1) is 12.4. The fourth-order valence-electron chi connectivity index (χ4n) is 3.51. The number of hydrogen-bond donors (Lipinski definition) is 0. The van der Waals surface area contributed by atoms with Crippen LogP contribution in [0, 0.1) is 5.82 Å². The molecular weight excluding hydrogens is 269 g/mol. The molecule has 2 aliphatic heterocycles. The van der Waals surface area contributed by atoms with Crippen LogP contribution < -0.4 is 0 Å². The topological polar surface area (TPSA) is 46.1 Å². The normalized spacial score (nSPS) is 23.0. The number of carbonyl (C=O) groups excluding carboxylic acids is 1. The zero-order chi connectivity index (χ0) is 14.4. The molecule has 1 aromatic carbocycles. The Kier molecular flexibility index (Phi) is 2.74. The van der Waals surface area contributed by atoms with Crippen molar-refractivity contribution < 1.29 is 9.18 Å². The fraction of sp³-hybridized carbons (Fsp3) is 0.312. The van der Waals surface area contributed by atoms with E-state index in [2.05, 4.69) is 9.97 Å². The first-order valence-corrected chi connectivity index (χ1v) is 7.11. The number of carbonyl (C=O) groups is 1.